The van der Waals surface area contributed by atoms with Crippen molar-refractivity contribution in [3.8, 4) is 0 Å². The first-order valence-electron chi connectivity index (χ1n) is 6.81. The fourth-order valence-corrected chi connectivity index (χ4v) is 4.18. The fraction of sp³-hybridized carbons (Fsp3) is 0.750. The molecule has 0 aromatic carbocycles. The molecule has 0 atom stereocenters. The van der Waals surface area contributed by atoms with Gasteiger partial charge >= 0.3 is 0 Å². The lowest BCUT2D eigenvalue weighted by molar-refractivity contribution is 0.549. The average molecular weight is 286 g/mol. The Morgan fingerprint density at radius 3 is 2.68 bits per heavy atom. The van der Waals surface area contributed by atoms with Crippen molar-refractivity contribution in [3.05, 3.63) is 11.4 Å². The number of nitrogens with zero attached hydrogens (tertiary/aromatic N) is 1. The average Bonchev–Trinajstić information content (AvgIpc) is 2.95. The minimum Gasteiger partial charge on any atom is -0.311 e. The maximum absolute atomic E-state index is 12.5. The van der Waals surface area contributed by atoms with Gasteiger partial charge in [0, 0.05) is 12.6 Å². The lowest BCUT2D eigenvalue weighted by Gasteiger charge is -2.13. The molecule has 0 radical (unpaired) electrons. The standard InChI is InChI=1S/C12H22N4O2S/c1-3-13-8-11-12(9(2)14-15-11)19(17,18)16-10-6-4-5-7-10/h10,13,16H,3-8H2,1-2H3,(H,14,15). The highest BCUT2D eigenvalue weighted by Crippen LogP contribution is 2.23. The van der Waals surface area contributed by atoms with E-state index in [0.29, 0.717) is 22.8 Å². The summed E-state index contributed by atoms with van der Waals surface area (Å²) in [5, 5.41) is 9.96. The van der Waals surface area contributed by atoms with Gasteiger partial charge in [0.25, 0.3) is 0 Å². The quantitative estimate of drug-likeness (QED) is 0.729. The van der Waals surface area contributed by atoms with E-state index >= 15 is 0 Å². The molecule has 1 aromatic rings. The highest BCUT2D eigenvalue weighted by Gasteiger charge is 2.28. The predicted octanol–water partition coefficient (Wildman–Crippen LogP) is 1.05. The Labute approximate surface area is 114 Å². The molecule has 3 N–H and O–H groups in total. The molecule has 6 nitrogen and oxygen atoms in total. The van der Waals surface area contributed by atoms with Crippen LogP contribution in [0.15, 0.2) is 4.90 Å². The first-order valence-corrected chi connectivity index (χ1v) is 8.29. The van der Waals surface area contributed by atoms with Crippen LogP contribution >= 0.6 is 0 Å². The van der Waals surface area contributed by atoms with E-state index in [2.05, 4.69) is 20.2 Å². The van der Waals surface area contributed by atoms with Crippen LogP contribution in [0.5, 0.6) is 0 Å². The van der Waals surface area contributed by atoms with E-state index in [-0.39, 0.29) is 6.04 Å². The number of sulfonamides is 1. The molecule has 19 heavy (non-hydrogen) atoms. The van der Waals surface area contributed by atoms with Gasteiger partial charge in [-0.3, -0.25) is 5.10 Å². The van der Waals surface area contributed by atoms with Crippen molar-refractivity contribution in [1.82, 2.24) is 20.2 Å². The molecule has 1 aliphatic carbocycles. The summed E-state index contributed by atoms with van der Waals surface area (Å²) in [6, 6.07) is 0.0753. The molecule has 0 spiro atoms. The second-order valence-electron chi connectivity index (χ2n) is 5.01. The van der Waals surface area contributed by atoms with Gasteiger partial charge in [0.2, 0.25) is 10.0 Å². The number of aromatic amines is 1. The molecule has 0 bridgehead atoms. The first-order chi connectivity index (χ1) is 9.04. The van der Waals surface area contributed by atoms with Gasteiger partial charge in [0.05, 0.1) is 11.4 Å². The van der Waals surface area contributed by atoms with Crippen LogP contribution in [-0.4, -0.2) is 31.2 Å². The molecule has 0 unspecified atom stereocenters. The van der Waals surface area contributed by atoms with E-state index in [1.165, 1.54) is 0 Å². The highest BCUT2D eigenvalue weighted by molar-refractivity contribution is 7.89. The lowest BCUT2D eigenvalue weighted by Crippen LogP contribution is -2.33. The number of hydrogen-bond acceptors (Lipinski definition) is 4. The summed E-state index contributed by atoms with van der Waals surface area (Å²) >= 11 is 0. The molecular formula is C12H22N4O2S. The van der Waals surface area contributed by atoms with Crippen molar-refractivity contribution >= 4 is 10.0 Å². The van der Waals surface area contributed by atoms with Crippen LogP contribution in [0.3, 0.4) is 0 Å². The van der Waals surface area contributed by atoms with Gasteiger partial charge in [-0.2, -0.15) is 5.10 Å². The summed E-state index contributed by atoms with van der Waals surface area (Å²) in [5.74, 6) is 0. The van der Waals surface area contributed by atoms with E-state index in [9.17, 15) is 8.42 Å². The Hall–Kier alpha value is -0.920. The maximum Gasteiger partial charge on any atom is 0.244 e. The van der Waals surface area contributed by atoms with Crippen molar-refractivity contribution in [2.24, 2.45) is 0 Å². The number of rotatable bonds is 6. The zero-order valence-corrected chi connectivity index (χ0v) is 12.3. The third-order valence-electron chi connectivity index (χ3n) is 3.45. The molecule has 0 aliphatic heterocycles. The highest BCUT2D eigenvalue weighted by atomic mass is 32.2. The summed E-state index contributed by atoms with van der Waals surface area (Å²) in [4.78, 5) is 0.306. The van der Waals surface area contributed by atoms with Gasteiger partial charge in [-0.15, -0.1) is 0 Å². The predicted molar refractivity (Wildman–Crippen MR) is 73.3 cm³/mol. The van der Waals surface area contributed by atoms with Gasteiger partial charge in [0.15, 0.2) is 0 Å². The Bertz CT molecular complexity index is 518. The van der Waals surface area contributed by atoms with Crippen molar-refractivity contribution in [3.63, 3.8) is 0 Å². The van der Waals surface area contributed by atoms with E-state index in [1.54, 1.807) is 6.92 Å². The Morgan fingerprint density at radius 2 is 2.05 bits per heavy atom. The van der Waals surface area contributed by atoms with Crippen LogP contribution < -0.4 is 10.0 Å². The van der Waals surface area contributed by atoms with Gasteiger partial charge < -0.3 is 5.32 Å². The molecule has 0 saturated heterocycles. The van der Waals surface area contributed by atoms with Crippen LogP contribution in [-0.2, 0) is 16.6 Å². The first kappa shape index (κ1) is 14.5. The van der Waals surface area contributed by atoms with Crippen LogP contribution in [0, 0.1) is 6.92 Å². The van der Waals surface area contributed by atoms with Gasteiger partial charge in [-0.05, 0) is 26.3 Å². The molecule has 1 aromatic heterocycles. The van der Waals surface area contributed by atoms with Crippen molar-refractivity contribution in [2.45, 2.75) is 57.0 Å². The van der Waals surface area contributed by atoms with E-state index in [4.69, 9.17) is 0 Å². The summed E-state index contributed by atoms with van der Waals surface area (Å²) in [6.45, 7) is 4.96. The Morgan fingerprint density at radius 1 is 1.37 bits per heavy atom. The largest absolute Gasteiger partial charge is 0.311 e. The summed E-state index contributed by atoms with van der Waals surface area (Å²) in [5.41, 5.74) is 1.16. The van der Waals surface area contributed by atoms with Crippen molar-refractivity contribution in [1.29, 1.82) is 0 Å². The number of H-pyrrole nitrogens is 1. The zero-order chi connectivity index (χ0) is 13.9. The summed E-state index contributed by atoms with van der Waals surface area (Å²) in [6.07, 6.45) is 4.06. The fourth-order valence-electron chi connectivity index (χ4n) is 2.51. The molecule has 1 saturated carbocycles. The zero-order valence-electron chi connectivity index (χ0n) is 11.5. The van der Waals surface area contributed by atoms with E-state index in [0.717, 1.165) is 32.2 Å². The third-order valence-corrected chi connectivity index (χ3v) is 5.17. The van der Waals surface area contributed by atoms with E-state index in [1.807, 2.05) is 6.92 Å². The molecular weight excluding hydrogens is 264 g/mol. The second-order valence-corrected chi connectivity index (χ2v) is 6.66. The topological polar surface area (TPSA) is 86.9 Å². The monoisotopic (exact) mass is 286 g/mol. The number of nitrogens with one attached hydrogen (secondary N) is 3. The van der Waals surface area contributed by atoms with Gasteiger partial charge in [0.1, 0.15) is 4.90 Å². The molecule has 1 heterocycles. The lowest BCUT2D eigenvalue weighted by atomic mass is 10.3. The smallest absolute Gasteiger partial charge is 0.244 e. The van der Waals surface area contributed by atoms with Crippen LogP contribution in [0.25, 0.3) is 0 Å². The van der Waals surface area contributed by atoms with Gasteiger partial charge in [-0.1, -0.05) is 19.8 Å². The molecule has 0 amide bonds. The summed E-state index contributed by atoms with van der Waals surface area (Å²) in [7, 11) is -3.48. The molecule has 1 fully saturated rings. The normalized spacial score (nSPS) is 17.2. The van der Waals surface area contributed by atoms with Gasteiger partial charge in [-0.25, -0.2) is 13.1 Å². The Kier molecular flexibility index (Phi) is 4.59. The summed E-state index contributed by atoms with van der Waals surface area (Å²) < 4.78 is 27.7. The Balaban J connectivity index is 2.20. The van der Waals surface area contributed by atoms with Crippen LogP contribution in [0.1, 0.15) is 44.0 Å². The van der Waals surface area contributed by atoms with E-state index < -0.39 is 10.0 Å². The molecule has 108 valence electrons. The minimum absolute atomic E-state index is 0.0753. The number of aromatic nitrogens is 2. The van der Waals surface area contributed by atoms with Crippen molar-refractivity contribution < 1.29 is 8.42 Å². The SMILES string of the molecule is CCNCc1n[nH]c(C)c1S(=O)(=O)NC1CCCC1. The molecule has 2 rings (SSSR count). The number of hydrogen-bond donors (Lipinski definition) is 3. The van der Waals surface area contributed by atoms with Crippen LogP contribution in [0.2, 0.25) is 0 Å². The molecule has 7 heteroatoms. The number of aryl methyl sites for hydroxylation is 1. The second kappa shape index (κ2) is 6.02. The maximum atomic E-state index is 12.5. The molecule has 1 aliphatic rings. The van der Waals surface area contributed by atoms with Crippen molar-refractivity contribution in [2.75, 3.05) is 6.54 Å². The van der Waals surface area contributed by atoms with Crippen LogP contribution in [0.4, 0.5) is 0 Å². The third kappa shape index (κ3) is 3.34. The minimum atomic E-state index is -3.48.